The molecule has 0 aliphatic carbocycles. The van der Waals surface area contributed by atoms with E-state index in [0.717, 1.165) is 5.75 Å². The van der Waals surface area contributed by atoms with E-state index in [-0.39, 0.29) is 24.2 Å². The molecular formula is C18H18FNO3. The van der Waals surface area contributed by atoms with Crippen molar-refractivity contribution in [2.24, 2.45) is 0 Å². The number of hydrogen-bond donors (Lipinski definition) is 0. The minimum Gasteiger partial charge on any atom is -0.486 e. The zero-order valence-corrected chi connectivity index (χ0v) is 12.9. The lowest BCUT2D eigenvalue weighted by Crippen LogP contribution is -2.42. The average Bonchev–Trinajstić information content (AvgIpc) is 2.54. The maximum Gasteiger partial charge on any atom is 0.226 e. The second-order valence-corrected chi connectivity index (χ2v) is 5.58. The van der Waals surface area contributed by atoms with Crippen molar-refractivity contribution in [2.45, 2.75) is 12.5 Å². The molecule has 0 saturated heterocycles. The Kier molecular flexibility index (Phi) is 4.46. The summed E-state index contributed by atoms with van der Waals surface area (Å²) in [5.74, 6) is 0.990. The first-order valence-corrected chi connectivity index (χ1v) is 7.49. The summed E-state index contributed by atoms with van der Waals surface area (Å²) < 4.78 is 24.7. The van der Waals surface area contributed by atoms with E-state index in [0.29, 0.717) is 24.5 Å². The van der Waals surface area contributed by atoms with Gasteiger partial charge in [-0.15, -0.1) is 0 Å². The van der Waals surface area contributed by atoms with Crippen molar-refractivity contribution in [3.8, 4) is 11.5 Å². The Morgan fingerprint density at radius 1 is 1.22 bits per heavy atom. The van der Waals surface area contributed by atoms with Gasteiger partial charge in [0, 0.05) is 7.05 Å². The summed E-state index contributed by atoms with van der Waals surface area (Å²) in [6.07, 6.45) is -0.0512. The van der Waals surface area contributed by atoms with Gasteiger partial charge in [0.1, 0.15) is 12.4 Å². The third-order valence-corrected chi connectivity index (χ3v) is 3.72. The molecule has 1 aliphatic heterocycles. The Bertz CT molecular complexity index is 704. The van der Waals surface area contributed by atoms with Gasteiger partial charge in [-0.3, -0.25) is 4.79 Å². The molecule has 0 aromatic heterocycles. The number of likely N-dealkylation sites (N-methyl/N-ethyl adjacent to an activating group) is 1. The maximum absolute atomic E-state index is 13.2. The first kappa shape index (κ1) is 15.3. The van der Waals surface area contributed by atoms with E-state index in [9.17, 15) is 9.18 Å². The van der Waals surface area contributed by atoms with Crippen molar-refractivity contribution in [2.75, 3.05) is 20.2 Å². The number of amides is 1. The predicted octanol–water partition coefficient (Wildman–Crippen LogP) is 2.67. The molecule has 5 heteroatoms. The second-order valence-electron chi connectivity index (χ2n) is 5.58. The van der Waals surface area contributed by atoms with Crippen molar-refractivity contribution in [3.05, 3.63) is 59.9 Å². The van der Waals surface area contributed by atoms with E-state index in [2.05, 4.69) is 0 Å². The zero-order valence-electron chi connectivity index (χ0n) is 12.9. The molecule has 1 aliphatic rings. The Morgan fingerprint density at radius 3 is 2.78 bits per heavy atom. The normalized spacial score (nSPS) is 16.0. The lowest BCUT2D eigenvalue weighted by atomic mass is 10.1. The van der Waals surface area contributed by atoms with Crippen LogP contribution in [0.1, 0.15) is 5.56 Å². The van der Waals surface area contributed by atoms with Gasteiger partial charge in [0.2, 0.25) is 5.91 Å². The largest absolute Gasteiger partial charge is 0.486 e. The van der Waals surface area contributed by atoms with Gasteiger partial charge in [-0.25, -0.2) is 4.39 Å². The standard InChI is InChI=1S/C18H18FNO3/c1-20(18(21)10-13-5-4-6-14(19)9-13)11-15-12-22-16-7-2-3-8-17(16)23-15/h2-9,15H,10-12H2,1H3/t15-/m0/s1. The SMILES string of the molecule is CN(C[C@H]1COc2ccccc2O1)C(=O)Cc1cccc(F)c1. The first-order chi connectivity index (χ1) is 11.1. The van der Waals surface area contributed by atoms with Gasteiger partial charge >= 0.3 is 0 Å². The van der Waals surface area contributed by atoms with Crippen LogP contribution in [-0.4, -0.2) is 37.1 Å². The number of fused-ring (bicyclic) bond motifs is 1. The monoisotopic (exact) mass is 315 g/mol. The number of ether oxygens (including phenoxy) is 2. The molecule has 2 aromatic rings. The molecule has 2 aromatic carbocycles. The number of hydrogen-bond acceptors (Lipinski definition) is 3. The molecule has 3 rings (SSSR count). The van der Waals surface area contributed by atoms with Crippen LogP contribution in [0, 0.1) is 5.82 Å². The summed E-state index contributed by atoms with van der Waals surface area (Å²) in [7, 11) is 1.71. The van der Waals surface area contributed by atoms with Gasteiger partial charge in [-0.2, -0.15) is 0 Å². The first-order valence-electron chi connectivity index (χ1n) is 7.49. The van der Waals surface area contributed by atoms with E-state index < -0.39 is 0 Å². The topological polar surface area (TPSA) is 38.8 Å². The fourth-order valence-corrected chi connectivity index (χ4v) is 2.52. The summed E-state index contributed by atoms with van der Waals surface area (Å²) >= 11 is 0. The average molecular weight is 315 g/mol. The summed E-state index contributed by atoms with van der Waals surface area (Å²) in [6, 6.07) is 13.5. The minimum absolute atomic E-state index is 0.0851. The molecule has 0 spiro atoms. The molecule has 120 valence electrons. The molecule has 23 heavy (non-hydrogen) atoms. The summed E-state index contributed by atoms with van der Waals surface area (Å²) in [5.41, 5.74) is 0.660. The fourth-order valence-electron chi connectivity index (χ4n) is 2.52. The fraction of sp³-hybridized carbons (Fsp3) is 0.278. The van der Waals surface area contributed by atoms with Gasteiger partial charge in [0.25, 0.3) is 0 Å². The van der Waals surface area contributed by atoms with Crippen LogP contribution in [0.3, 0.4) is 0 Å². The van der Waals surface area contributed by atoms with Crippen LogP contribution in [0.2, 0.25) is 0 Å². The number of benzene rings is 2. The van der Waals surface area contributed by atoms with Crippen LogP contribution in [0.4, 0.5) is 4.39 Å². The van der Waals surface area contributed by atoms with Crippen molar-refractivity contribution in [3.63, 3.8) is 0 Å². The number of carbonyl (C=O) groups is 1. The highest BCUT2D eigenvalue weighted by molar-refractivity contribution is 5.78. The zero-order chi connectivity index (χ0) is 16.2. The molecule has 0 fully saturated rings. The molecule has 0 radical (unpaired) electrons. The van der Waals surface area contributed by atoms with Gasteiger partial charge in [-0.05, 0) is 29.8 Å². The Balaban J connectivity index is 1.57. The van der Waals surface area contributed by atoms with Gasteiger partial charge in [0.15, 0.2) is 17.6 Å². The quantitative estimate of drug-likeness (QED) is 0.871. The van der Waals surface area contributed by atoms with E-state index >= 15 is 0 Å². The molecule has 1 heterocycles. The van der Waals surface area contributed by atoms with Gasteiger partial charge in [0.05, 0.1) is 13.0 Å². The Morgan fingerprint density at radius 2 is 2.00 bits per heavy atom. The molecule has 1 atom stereocenters. The third-order valence-electron chi connectivity index (χ3n) is 3.72. The van der Waals surface area contributed by atoms with Crippen LogP contribution in [-0.2, 0) is 11.2 Å². The number of rotatable bonds is 4. The predicted molar refractivity (Wildman–Crippen MR) is 84.1 cm³/mol. The van der Waals surface area contributed by atoms with Crippen molar-refractivity contribution in [1.29, 1.82) is 0 Å². The summed E-state index contributed by atoms with van der Waals surface area (Å²) in [5, 5.41) is 0. The number of halogens is 1. The van der Waals surface area contributed by atoms with E-state index in [4.69, 9.17) is 9.47 Å². The molecule has 0 bridgehead atoms. The Hall–Kier alpha value is -2.56. The highest BCUT2D eigenvalue weighted by Gasteiger charge is 2.23. The highest BCUT2D eigenvalue weighted by atomic mass is 19.1. The van der Waals surface area contributed by atoms with Gasteiger partial charge < -0.3 is 14.4 Å². The van der Waals surface area contributed by atoms with Crippen LogP contribution in [0.5, 0.6) is 11.5 Å². The lowest BCUT2D eigenvalue weighted by Gasteiger charge is -2.29. The van der Waals surface area contributed by atoms with Crippen LogP contribution >= 0.6 is 0 Å². The van der Waals surface area contributed by atoms with Gasteiger partial charge in [-0.1, -0.05) is 24.3 Å². The summed E-state index contributed by atoms with van der Waals surface area (Å²) in [6.45, 7) is 0.817. The molecule has 0 unspecified atom stereocenters. The molecule has 1 amide bonds. The Labute approximate surface area is 134 Å². The molecular weight excluding hydrogens is 297 g/mol. The number of nitrogens with zero attached hydrogens (tertiary/aromatic N) is 1. The van der Waals surface area contributed by atoms with E-state index in [1.807, 2.05) is 24.3 Å². The van der Waals surface area contributed by atoms with Crippen molar-refractivity contribution in [1.82, 2.24) is 4.90 Å². The van der Waals surface area contributed by atoms with Crippen LogP contribution in [0.15, 0.2) is 48.5 Å². The summed E-state index contributed by atoms with van der Waals surface area (Å²) in [4.78, 5) is 13.8. The lowest BCUT2D eigenvalue weighted by molar-refractivity contribution is -0.130. The van der Waals surface area contributed by atoms with Crippen LogP contribution in [0.25, 0.3) is 0 Å². The number of carbonyl (C=O) groups excluding carboxylic acids is 1. The smallest absolute Gasteiger partial charge is 0.226 e. The van der Waals surface area contributed by atoms with Crippen molar-refractivity contribution < 1.29 is 18.7 Å². The molecule has 4 nitrogen and oxygen atoms in total. The third kappa shape index (κ3) is 3.80. The second kappa shape index (κ2) is 6.69. The van der Waals surface area contributed by atoms with E-state index in [1.165, 1.54) is 12.1 Å². The number of para-hydroxylation sites is 2. The molecule has 0 saturated carbocycles. The highest BCUT2D eigenvalue weighted by Crippen LogP contribution is 2.30. The molecule has 0 N–H and O–H groups in total. The van der Waals surface area contributed by atoms with Crippen LogP contribution < -0.4 is 9.47 Å². The maximum atomic E-state index is 13.2. The van der Waals surface area contributed by atoms with E-state index in [1.54, 1.807) is 24.1 Å². The van der Waals surface area contributed by atoms with Crippen molar-refractivity contribution >= 4 is 5.91 Å². The minimum atomic E-state index is -0.335.